The standard InChI is InChI=1S/C13H15BrN2O/c14-10-3-1-2-9(8-10)11-4-5-13(16-11)6-7-15-12(13)17/h1-3,8,11,16H,4-7H2,(H,15,17)/t11-,13-/m0/s1. The van der Waals surface area contributed by atoms with Gasteiger partial charge in [-0.3, -0.25) is 10.1 Å². The van der Waals surface area contributed by atoms with Crippen molar-refractivity contribution in [2.24, 2.45) is 0 Å². The van der Waals surface area contributed by atoms with E-state index < -0.39 is 0 Å². The number of carbonyl (C=O) groups is 1. The molecule has 0 saturated carbocycles. The lowest BCUT2D eigenvalue weighted by Crippen LogP contribution is -2.47. The molecule has 2 aliphatic rings. The molecule has 3 nitrogen and oxygen atoms in total. The van der Waals surface area contributed by atoms with Crippen molar-refractivity contribution in [3.8, 4) is 0 Å². The maximum absolute atomic E-state index is 11.9. The summed E-state index contributed by atoms with van der Waals surface area (Å²) in [5, 5.41) is 6.45. The molecule has 0 radical (unpaired) electrons. The van der Waals surface area contributed by atoms with Crippen LogP contribution in [-0.4, -0.2) is 18.0 Å². The van der Waals surface area contributed by atoms with Crippen LogP contribution in [0.2, 0.25) is 0 Å². The Kier molecular flexibility index (Phi) is 2.71. The first kappa shape index (κ1) is 11.2. The Morgan fingerprint density at radius 3 is 2.94 bits per heavy atom. The molecule has 1 aromatic rings. The molecule has 1 aromatic carbocycles. The van der Waals surface area contributed by atoms with Gasteiger partial charge in [-0.2, -0.15) is 0 Å². The summed E-state index contributed by atoms with van der Waals surface area (Å²) in [6.45, 7) is 0.803. The molecule has 2 aliphatic heterocycles. The van der Waals surface area contributed by atoms with Gasteiger partial charge in [0.2, 0.25) is 5.91 Å². The second-order valence-corrected chi connectivity index (χ2v) is 5.79. The lowest BCUT2D eigenvalue weighted by Gasteiger charge is -2.22. The predicted molar refractivity (Wildman–Crippen MR) is 69.6 cm³/mol. The average molecular weight is 295 g/mol. The van der Waals surface area contributed by atoms with Crippen LogP contribution in [0.3, 0.4) is 0 Å². The van der Waals surface area contributed by atoms with Gasteiger partial charge in [-0.05, 0) is 37.0 Å². The molecule has 90 valence electrons. The molecule has 0 unspecified atom stereocenters. The molecule has 0 aromatic heterocycles. The minimum atomic E-state index is -0.299. The van der Waals surface area contributed by atoms with Crippen LogP contribution < -0.4 is 10.6 Å². The van der Waals surface area contributed by atoms with Crippen LogP contribution in [0.15, 0.2) is 28.7 Å². The van der Waals surface area contributed by atoms with Gasteiger partial charge in [-0.15, -0.1) is 0 Å². The zero-order chi connectivity index (χ0) is 11.9. The van der Waals surface area contributed by atoms with Gasteiger partial charge in [0.1, 0.15) is 5.54 Å². The van der Waals surface area contributed by atoms with E-state index >= 15 is 0 Å². The van der Waals surface area contributed by atoms with Crippen molar-refractivity contribution in [1.82, 2.24) is 10.6 Å². The number of halogens is 1. The van der Waals surface area contributed by atoms with Gasteiger partial charge in [0.05, 0.1) is 0 Å². The van der Waals surface area contributed by atoms with Gasteiger partial charge in [0.15, 0.2) is 0 Å². The van der Waals surface area contributed by atoms with Crippen LogP contribution in [0.1, 0.15) is 30.9 Å². The van der Waals surface area contributed by atoms with Gasteiger partial charge in [0.25, 0.3) is 0 Å². The topological polar surface area (TPSA) is 41.1 Å². The molecule has 0 aliphatic carbocycles. The SMILES string of the molecule is O=C1NCC[C@@]12CC[C@@H](c1cccc(Br)c1)N2. The van der Waals surface area contributed by atoms with E-state index in [9.17, 15) is 4.79 Å². The Labute approximate surface area is 109 Å². The molecular formula is C13H15BrN2O. The number of rotatable bonds is 1. The summed E-state index contributed by atoms with van der Waals surface area (Å²) in [6.07, 6.45) is 2.89. The molecule has 2 saturated heterocycles. The van der Waals surface area contributed by atoms with Gasteiger partial charge in [-0.25, -0.2) is 0 Å². The van der Waals surface area contributed by atoms with Crippen LogP contribution in [0.5, 0.6) is 0 Å². The molecule has 1 spiro atoms. The summed E-state index contributed by atoms with van der Waals surface area (Å²) in [4.78, 5) is 11.9. The minimum absolute atomic E-state index is 0.176. The Morgan fingerprint density at radius 2 is 2.24 bits per heavy atom. The van der Waals surface area contributed by atoms with Crippen molar-refractivity contribution in [2.75, 3.05) is 6.54 Å². The zero-order valence-electron chi connectivity index (χ0n) is 9.50. The first-order valence-corrected chi connectivity index (χ1v) is 6.80. The third-order valence-electron chi connectivity index (χ3n) is 3.83. The fourth-order valence-corrected chi connectivity index (χ4v) is 3.31. The summed E-state index contributed by atoms with van der Waals surface area (Å²) in [6, 6.07) is 8.62. The first-order chi connectivity index (χ1) is 8.20. The van der Waals surface area contributed by atoms with E-state index in [0.29, 0.717) is 6.04 Å². The Morgan fingerprint density at radius 1 is 1.35 bits per heavy atom. The van der Waals surface area contributed by atoms with Gasteiger partial charge < -0.3 is 5.32 Å². The van der Waals surface area contributed by atoms with Gasteiger partial charge in [-0.1, -0.05) is 28.1 Å². The second-order valence-electron chi connectivity index (χ2n) is 4.88. The van der Waals surface area contributed by atoms with Crippen LogP contribution in [0, 0.1) is 0 Å². The Bertz CT molecular complexity index is 462. The number of hydrogen-bond donors (Lipinski definition) is 2. The lowest BCUT2D eigenvalue weighted by atomic mass is 9.96. The largest absolute Gasteiger partial charge is 0.354 e. The molecular weight excluding hydrogens is 280 g/mol. The smallest absolute Gasteiger partial charge is 0.240 e. The minimum Gasteiger partial charge on any atom is -0.354 e. The van der Waals surface area contributed by atoms with E-state index in [0.717, 1.165) is 30.3 Å². The summed E-state index contributed by atoms with van der Waals surface area (Å²) in [5.41, 5.74) is 0.962. The fraction of sp³-hybridized carbons (Fsp3) is 0.462. The maximum atomic E-state index is 11.9. The Balaban J connectivity index is 1.82. The molecule has 2 fully saturated rings. The van der Waals surface area contributed by atoms with E-state index in [2.05, 4.69) is 38.7 Å². The number of benzene rings is 1. The Hall–Kier alpha value is -0.870. The highest BCUT2D eigenvalue weighted by Crippen LogP contribution is 2.37. The highest BCUT2D eigenvalue weighted by molar-refractivity contribution is 9.10. The van der Waals surface area contributed by atoms with Gasteiger partial charge in [0, 0.05) is 17.1 Å². The molecule has 17 heavy (non-hydrogen) atoms. The molecule has 2 heterocycles. The van der Waals surface area contributed by atoms with Crippen LogP contribution in [-0.2, 0) is 4.79 Å². The molecule has 1 amide bonds. The lowest BCUT2D eigenvalue weighted by molar-refractivity contribution is -0.124. The van der Waals surface area contributed by atoms with E-state index in [1.54, 1.807) is 0 Å². The van der Waals surface area contributed by atoms with Crippen LogP contribution in [0.4, 0.5) is 0 Å². The summed E-state index contributed by atoms with van der Waals surface area (Å²) in [5.74, 6) is 0.176. The third-order valence-corrected chi connectivity index (χ3v) is 4.33. The number of amides is 1. The molecule has 4 heteroatoms. The number of nitrogens with one attached hydrogen (secondary N) is 2. The predicted octanol–water partition coefficient (Wildman–Crippen LogP) is 2.13. The number of hydrogen-bond acceptors (Lipinski definition) is 2. The van der Waals surface area contributed by atoms with Crippen molar-refractivity contribution in [3.63, 3.8) is 0 Å². The monoisotopic (exact) mass is 294 g/mol. The maximum Gasteiger partial charge on any atom is 0.240 e. The van der Waals surface area contributed by atoms with Crippen LogP contribution in [0.25, 0.3) is 0 Å². The fourth-order valence-electron chi connectivity index (χ4n) is 2.89. The average Bonchev–Trinajstić information content (AvgIpc) is 2.89. The quantitative estimate of drug-likeness (QED) is 0.833. The molecule has 0 bridgehead atoms. The van der Waals surface area contributed by atoms with Crippen LogP contribution >= 0.6 is 15.9 Å². The highest BCUT2D eigenvalue weighted by atomic mass is 79.9. The zero-order valence-corrected chi connectivity index (χ0v) is 11.1. The van der Waals surface area contributed by atoms with Gasteiger partial charge >= 0.3 is 0 Å². The van der Waals surface area contributed by atoms with Crippen molar-refractivity contribution in [2.45, 2.75) is 30.8 Å². The van der Waals surface area contributed by atoms with E-state index in [-0.39, 0.29) is 11.4 Å². The van der Waals surface area contributed by atoms with E-state index in [1.165, 1.54) is 5.56 Å². The molecule has 2 N–H and O–H groups in total. The highest BCUT2D eigenvalue weighted by Gasteiger charge is 2.47. The van der Waals surface area contributed by atoms with E-state index in [4.69, 9.17) is 0 Å². The van der Waals surface area contributed by atoms with Crippen molar-refractivity contribution in [1.29, 1.82) is 0 Å². The van der Waals surface area contributed by atoms with E-state index in [1.807, 2.05) is 12.1 Å². The summed E-state index contributed by atoms with van der Waals surface area (Å²) in [7, 11) is 0. The third kappa shape index (κ3) is 1.89. The van der Waals surface area contributed by atoms with Crippen molar-refractivity contribution < 1.29 is 4.79 Å². The first-order valence-electron chi connectivity index (χ1n) is 6.01. The van der Waals surface area contributed by atoms with Crippen molar-refractivity contribution >= 4 is 21.8 Å². The van der Waals surface area contributed by atoms with Crippen molar-refractivity contribution in [3.05, 3.63) is 34.3 Å². The molecule has 2 atom stereocenters. The second kappa shape index (κ2) is 4.10. The molecule has 3 rings (SSSR count). The normalized spacial score (nSPS) is 32.1. The summed E-state index contributed by atoms with van der Waals surface area (Å²) >= 11 is 3.49. The number of carbonyl (C=O) groups excluding carboxylic acids is 1. The summed E-state index contributed by atoms with van der Waals surface area (Å²) < 4.78 is 1.09.